The highest BCUT2D eigenvalue weighted by Gasteiger charge is 2.27. The van der Waals surface area contributed by atoms with Gasteiger partial charge in [-0.2, -0.15) is 8.42 Å². The van der Waals surface area contributed by atoms with Crippen LogP contribution in [-0.2, 0) is 14.3 Å². The van der Waals surface area contributed by atoms with E-state index in [1.54, 1.807) is 18.2 Å². The molecule has 12 heteroatoms. The molecule has 0 N–H and O–H groups in total. The summed E-state index contributed by atoms with van der Waals surface area (Å²) >= 11 is 0. The monoisotopic (exact) mass is 444 g/mol. The first-order chi connectivity index (χ1) is 14.3. The van der Waals surface area contributed by atoms with Gasteiger partial charge in [0.25, 0.3) is 28.3 Å². The van der Waals surface area contributed by atoms with Gasteiger partial charge in [-0.15, -0.1) is 0 Å². The van der Waals surface area contributed by atoms with Crippen molar-refractivity contribution in [2.75, 3.05) is 19.5 Å². The molecular weight excluding hydrogens is 426 g/mol. The van der Waals surface area contributed by atoms with Crippen molar-refractivity contribution in [2.24, 2.45) is 5.92 Å². The predicted octanol–water partition coefficient (Wildman–Crippen LogP) is 3.26. The van der Waals surface area contributed by atoms with Gasteiger partial charge in [0.05, 0.1) is 18.9 Å². The van der Waals surface area contributed by atoms with E-state index in [4.69, 9.17) is 18.4 Å². The SMILES string of the molecule is CS(=O)(=O)OC(COc1cc(-c2nc3cc(OCC4CC4)ccc3o2)on1)C(F)F. The van der Waals surface area contributed by atoms with Crippen LogP contribution in [0.1, 0.15) is 12.8 Å². The number of aromatic nitrogens is 2. The van der Waals surface area contributed by atoms with Gasteiger partial charge in [-0.05, 0) is 36.0 Å². The molecule has 0 bridgehead atoms. The smallest absolute Gasteiger partial charge is 0.269 e. The lowest BCUT2D eigenvalue weighted by atomic mass is 10.3. The normalized spacial score (nSPS) is 15.6. The van der Waals surface area contributed by atoms with Gasteiger partial charge in [0.2, 0.25) is 5.76 Å². The maximum Gasteiger partial charge on any atom is 0.269 e. The van der Waals surface area contributed by atoms with Gasteiger partial charge < -0.3 is 18.4 Å². The summed E-state index contributed by atoms with van der Waals surface area (Å²) in [5.74, 6) is 1.38. The van der Waals surface area contributed by atoms with Crippen LogP contribution in [0.5, 0.6) is 11.6 Å². The minimum absolute atomic E-state index is 0.110. The summed E-state index contributed by atoms with van der Waals surface area (Å²) in [7, 11) is -4.07. The van der Waals surface area contributed by atoms with E-state index in [1.807, 2.05) is 0 Å². The van der Waals surface area contributed by atoms with Gasteiger partial charge in [0.1, 0.15) is 17.9 Å². The van der Waals surface area contributed by atoms with Crippen LogP contribution in [-0.4, -0.2) is 50.6 Å². The van der Waals surface area contributed by atoms with Crippen LogP contribution < -0.4 is 9.47 Å². The molecule has 1 fully saturated rings. The van der Waals surface area contributed by atoms with E-state index in [-0.39, 0.29) is 17.5 Å². The highest BCUT2D eigenvalue weighted by Crippen LogP contribution is 2.31. The molecule has 1 atom stereocenters. The third-order valence-corrected chi connectivity index (χ3v) is 4.81. The molecule has 1 saturated carbocycles. The van der Waals surface area contributed by atoms with Crippen molar-refractivity contribution in [1.82, 2.24) is 10.1 Å². The summed E-state index contributed by atoms with van der Waals surface area (Å²) in [6.07, 6.45) is -2.00. The Bertz CT molecular complexity index is 1120. The summed E-state index contributed by atoms with van der Waals surface area (Å²) in [5, 5.41) is 3.59. The zero-order valence-electron chi connectivity index (χ0n) is 15.8. The van der Waals surface area contributed by atoms with Gasteiger partial charge in [-0.1, -0.05) is 0 Å². The molecule has 2 heterocycles. The van der Waals surface area contributed by atoms with Crippen LogP contribution in [0.3, 0.4) is 0 Å². The molecule has 0 aliphatic heterocycles. The maximum absolute atomic E-state index is 12.9. The van der Waals surface area contributed by atoms with Crippen molar-refractivity contribution < 1.29 is 39.8 Å². The van der Waals surface area contributed by atoms with E-state index < -0.39 is 29.3 Å². The van der Waals surface area contributed by atoms with Gasteiger partial charge in [0.15, 0.2) is 11.7 Å². The topological polar surface area (TPSA) is 114 Å². The second kappa shape index (κ2) is 8.19. The lowest BCUT2D eigenvalue weighted by Crippen LogP contribution is -2.31. The Hall–Kier alpha value is -2.73. The number of halogens is 2. The van der Waals surface area contributed by atoms with Crippen molar-refractivity contribution >= 4 is 21.2 Å². The molecule has 0 spiro atoms. The number of benzene rings is 1. The Balaban J connectivity index is 1.43. The number of rotatable bonds is 10. The standard InChI is InChI=1S/C18H18F2N2O7S/c1-30(23,24)29-15(17(19)20)9-26-16-7-14(28-22-16)18-21-12-6-11(4-5-13(12)27-18)25-8-10-2-3-10/h4-7,10,15,17H,2-3,8-9H2,1H3. The molecule has 0 amide bonds. The summed E-state index contributed by atoms with van der Waals surface area (Å²) in [5.41, 5.74) is 1.05. The van der Waals surface area contributed by atoms with E-state index in [2.05, 4.69) is 14.3 Å². The zero-order valence-corrected chi connectivity index (χ0v) is 16.6. The Labute approximate surface area is 170 Å². The summed E-state index contributed by atoms with van der Waals surface area (Å²) in [6, 6.07) is 6.53. The number of oxazole rings is 1. The number of hydrogen-bond acceptors (Lipinski definition) is 9. The van der Waals surface area contributed by atoms with Gasteiger partial charge >= 0.3 is 0 Å². The van der Waals surface area contributed by atoms with Gasteiger partial charge in [0, 0.05) is 6.07 Å². The van der Waals surface area contributed by atoms with Crippen molar-refractivity contribution in [3.63, 3.8) is 0 Å². The van der Waals surface area contributed by atoms with Crippen LogP contribution >= 0.6 is 0 Å². The lowest BCUT2D eigenvalue weighted by molar-refractivity contribution is -0.0105. The molecule has 0 saturated heterocycles. The predicted molar refractivity (Wildman–Crippen MR) is 98.9 cm³/mol. The Morgan fingerprint density at radius 1 is 1.23 bits per heavy atom. The number of ether oxygens (including phenoxy) is 2. The van der Waals surface area contributed by atoms with E-state index in [0.717, 1.165) is 0 Å². The molecule has 30 heavy (non-hydrogen) atoms. The third-order valence-electron chi connectivity index (χ3n) is 4.22. The van der Waals surface area contributed by atoms with Crippen LogP contribution in [0.4, 0.5) is 8.78 Å². The summed E-state index contributed by atoms with van der Waals surface area (Å²) in [4.78, 5) is 4.31. The first-order valence-corrected chi connectivity index (χ1v) is 10.9. The molecule has 2 aromatic heterocycles. The van der Waals surface area contributed by atoms with E-state index in [9.17, 15) is 17.2 Å². The fourth-order valence-electron chi connectivity index (χ4n) is 2.56. The second-order valence-electron chi connectivity index (χ2n) is 6.92. The fraction of sp³-hybridized carbons (Fsp3) is 0.444. The minimum Gasteiger partial charge on any atom is -0.493 e. The first kappa shape index (κ1) is 20.5. The molecular formula is C18H18F2N2O7S. The van der Waals surface area contributed by atoms with E-state index >= 15 is 0 Å². The summed E-state index contributed by atoms with van der Waals surface area (Å²) in [6.45, 7) is -0.0758. The van der Waals surface area contributed by atoms with Crippen LogP contribution in [0.15, 0.2) is 33.2 Å². The Kier molecular flexibility index (Phi) is 5.60. The summed E-state index contributed by atoms with van der Waals surface area (Å²) < 4.78 is 73.7. The van der Waals surface area contributed by atoms with Gasteiger partial charge in [-0.3, -0.25) is 4.18 Å². The molecule has 162 valence electrons. The highest BCUT2D eigenvalue weighted by molar-refractivity contribution is 7.86. The quantitative estimate of drug-likeness (QED) is 0.435. The van der Waals surface area contributed by atoms with Crippen molar-refractivity contribution in [3.8, 4) is 23.3 Å². The lowest BCUT2D eigenvalue weighted by Gasteiger charge is -2.14. The van der Waals surface area contributed by atoms with Crippen LogP contribution in [0.2, 0.25) is 0 Å². The molecule has 0 radical (unpaired) electrons. The van der Waals surface area contributed by atoms with Crippen molar-refractivity contribution in [3.05, 3.63) is 24.3 Å². The maximum atomic E-state index is 12.9. The molecule has 1 aromatic carbocycles. The first-order valence-electron chi connectivity index (χ1n) is 9.06. The molecule has 9 nitrogen and oxygen atoms in total. The number of alkyl halides is 2. The van der Waals surface area contributed by atoms with Crippen molar-refractivity contribution in [2.45, 2.75) is 25.4 Å². The third kappa shape index (κ3) is 5.25. The average Bonchev–Trinajstić information content (AvgIpc) is 3.22. The second-order valence-corrected chi connectivity index (χ2v) is 8.52. The molecule has 3 aromatic rings. The minimum atomic E-state index is -4.07. The Morgan fingerprint density at radius 3 is 2.73 bits per heavy atom. The largest absolute Gasteiger partial charge is 0.493 e. The molecule has 4 rings (SSSR count). The van der Waals surface area contributed by atoms with Crippen molar-refractivity contribution in [1.29, 1.82) is 0 Å². The van der Waals surface area contributed by atoms with E-state index in [1.165, 1.54) is 18.9 Å². The average molecular weight is 444 g/mol. The number of nitrogens with zero attached hydrogens (tertiary/aromatic N) is 2. The molecule has 1 aliphatic carbocycles. The van der Waals surface area contributed by atoms with Crippen LogP contribution in [0, 0.1) is 5.92 Å². The fourth-order valence-corrected chi connectivity index (χ4v) is 3.15. The Morgan fingerprint density at radius 2 is 2.03 bits per heavy atom. The highest BCUT2D eigenvalue weighted by atomic mass is 32.2. The molecule has 1 aliphatic rings. The zero-order chi connectivity index (χ0) is 21.3. The molecule has 1 unspecified atom stereocenters. The van der Waals surface area contributed by atoms with Gasteiger partial charge in [-0.25, -0.2) is 13.8 Å². The van der Waals surface area contributed by atoms with Crippen LogP contribution in [0.25, 0.3) is 22.8 Å². The number of fused-ring (bicyclic) bond motifs is 1. The van der Waals surface area contributed by atoms with E-state index in [0.29, 0.717) is 35.6 Å². The number of hydrogen-bond donors (Lipinski definition) is 0.